The minimum atomic E-state index is -4.73. The molecule has 17 heteroatoms. The number of aromatic nitrogens is 6. The molecule has 7 rings (SSSR count). The van der Waals surface area contributed by atoms with Gasteiger partial charge in [-0.05, 0) is 45.6 Å². The van der Waals surface area contributed by atoms with E-state index in [0.717, 1.165) is 29.4 Å². The number of methoxy groups -OCH3 is 1. The van der Waals surface area contributed by atoms with E-state index < -0.39 is 51.6 Å². The lowest BCUT2D eigenvalue weighted by atomic mass is 10.1. The summed E-state index contributed by atoms with van der Waals surface area (Å²) in [5, 5.41) is 0. The summed E-state index contributed by atoms with van der Waals surface area (Å²) in [7, 11) is -2.65. The highest BCUT2D eigenvalue weighted by molar-refractivity contribution is 7.94. The van der Waals surface area contributed by atoms with Gasteiger partial charge in [0.1, 0.15) is 28.2 Å². The summed E-state index contributed by atoms with van der Waals surface area (Å²) >= 11 is 0. The van der Waals surface area contributed by atoms with Crippen molar-refractivity contribution in [3.8, 4) is 34.4 Å². The van der Waals surface area contributed by atoms with E-state index in [9.17, 15) is 30.4 Å². The van der Waals surface area contributed by atoms with Crippen LogP contribution in [-0.4, -0.2) is 51.6 Å². The summed E-state index contributed by atoms with van der Waals surface area (Å²) < 4.78 is 107. The molecular weight excluding hydrogens is 649 g/mol. The maximum atomic E-state index is 14.0. The van der Waals surface area contributed by atoms with E-state index in [1.165, 1.54) is 36.3 Å². The minimum absolute atomic E-state index is 0.0411. The van der Waals surface area contributed by atoms with Crippen molar-refractivity contribution in [3.63, 3.8) is 0 Å². The molecule has 47 heavy (non-hydrogen) atoms. The number of halogens is 5. The molecule has 1 aromatic carbocycles. The number of hydrogen-bond acceptors (Lipinski definition) is 9. The van der Waals surface area contributed by atoms with E-state index in [0.29, 0.717) is 29.7 Å². The zero-order valence-electron chi connectivity index (χ0n) is 25.3. The van der Waals surface area contributed by atoms with Gasteiger partial charge in [0.15, 0.2) is 17.3 Å². The first-order chi connectivity index (χ1) is 22.2. The van der Waals surface area contributed by atoms with E-state index >= 15 is 0 Å². The topological polar surface area (TPSA) is 125 Å². The molecule has 1 aliphatic heterocycles. The second-order valence-corrected chi connectivity index (χ2v) is 14.2. The van der Waals surface area contributed by atoms with E-state index in [4.69, 9.17) is 14.5 Å². The predicted octanol–water partition coefficient (Wildman–Crippen LogP) is 6.22. The number of fused-ring (bicyclic) bond motifs is 2. The lowest BCUT2D eigenvalue weighted by Gasteiger charge is -2.21. The molecule has 0 amide bonds. The summed E-state index contributed by atoms with van der Waals surface area (Å²) in [5.74, 6) is 0.0866. The van der Waals surface area contributed by atoms with Crippen LogP contribution in [0.5, 0.6) is 11.6 Å². The second kappa shape index (κ2) is 10.8. The number of rotatable bonds is 9. The number of benzene rings is 1. The molecule has 2 aliphatic carbocycles. The molecule has 0 N–H and O–H groups in total. The molecule has 248 valence electrons. The molecule has 2 fully saturated rings. The maximum absolute atomic E-state index is 14.0. The maximum Gasteiger partial charge on any atom is 0.434 e. The Kier molecular flexibility index (Phi) is 7.18. The molecule has 4 aromatic rings. The Labute approximate surface area is 265 Å². The monoisotopic (exact) mass is 677 g/mol. The van der Waals surface area contributed by atoms with Crippen LogP contribution in [0.15, 0.2) is 36.9 Å². The van der Waals surface area contributed by atoms with Gasteiger partial charge in [-0.25, -0.2) is 37.6 Å². The Morgan fingerprint density at radius 2 is 1.83 bits per heavy atom. The average Bonchev–Trinajstić information content (AvgIpc) is 3.95. The minimum Gasteiger partial charge on any atom is -0.480 e. The molecule has 0 saturated heterocycles. The van der Waals surface area contributed by atoms with Gasteiger partial charge >= 0.3 is 12.8 Å². The first kappa shape index (κ1) is 31.2. The number of sulfonamides is 1. The van der Waals surface area contributed by atoms with Crippen molar-refractivity contribution in [2.24, 2.45) is 0 Å². The molecule has 3 aliphatic rings. The molecule has 1 spiro atoms. The van der Waals surface area contributed by atoms with Gasteiger partial charge in [0.25, 0.3) is 0 Å². The van der Waals surface area contributed by atoms with E-state index in [1.54, 1.807) is 13.8 Å². The third-order valence-corrected chi connectivity index (χ3v) is 11.1. The Bertz CT molecular complexity index is 1990. The smallest absolute Gasteiger partial charge is 0.434 e. The molecule has 0 bridgehead atoms. The van der Waals surface area contributed by atoms with Crippen molar-refractivity contribution in [1.29, 1.82) is 0 Å². The summed E-state index contributed by atoms with van der Waals surface area (Å²) in [6, 6.07) is 3.43. The second-order valence-electron chi connectivity index (χ2n) is 12.0. The average molecular weight is 678 g/mol. The largest absolute Gasteiger partial charge is 0.480 e. The number of alkyl halides is 5. The number of anilines is 1. The van der Waals surface area contributed by atoms with Gasteiger partial charge in [-0.15, -0.1) is 0 Å². The van der Waals surface area contributed by atoms with Crippen molar-refractivity contribution < 1.29 is 39.8 Å². The molecular formula is C30H28F5N7O4S. The van der Waals surface area contributed by atoms with Crippen LogP contribution in [0, 0.1) is 0 Å². The van der Waals surface area contributed by atoms with Crippen molar-refractivity contribution in [2.45, 2.75) is 75.6 Å². The van der Waals surface area contributed by atoms with Gasteiger partial charge in [0, 0.05) is 41.0 Å². The van der Waals surface area contributed by atoms with E-state index in [1.807, 2.05) is 0 Å². The fourth-order valence-electron chi connectivity index (χ4n) is 6.00. The quantitative estimate of drug-likeness (QED) is 0.190. The number of hydrogen-bond donors (Lipinski definition) is 0. The van der Waals surface area contributed by atoms with E-state index in [2.05, 4.69) is 19.9 Å². The number of ether oxygens (including phenoxy) is 2. The van der Waals surface area contributed by atoms with Gasteiger partial charge in [-0.3, -0.25) is 0 Å². The zero-order chi connectivity index (χ0) is 33.5. The zero-order valence-corrected chi connectivity index (χ0v) is 26.1. The highest BCUT2D eigenvalue weighted by Gasteiger charge is 2.65. The summed E-state index contributed by atoms with van der Waals surface area (Å²) in [6.45, 7) is -0.446. The Hall–Kier alpha value is -4.41. The van der Waals surface area contributed by atoms with Crippen LogP contribution < -0.4 is 13.8 Å². The summed E-state index contributed by atoms with van der Waals surface area (Å²) in [6.07, 6.45) is 1.42. The van der Waals surface area contributed by atoms with Gasteiger partial charge < -0.3 is 14.0 Å². The number of imidazole rings is 1. The van der Waals surface area contributed by atoms with Crippen LogP contribution in [0.4, 0.5) is 27.8 Å². The summed E-state index contributed by atoms with van der Waals surface area (Å²) in [4.78, 5) is 21.6. The predicted molar refractivity (Wildman–Crippen MR) is 157 cm³/mol. The SMILES string of the molecule is COc1ncnc(C2CC2)c1-c1ncc2c(n1)N(Cc1ccc(-c3nc(C(F)(F)F)cn3C(C)C)cc1OC(F)F)S(=O)(=O)C21CC1. The Balaban J connectivity index is 1.32. The first-order valence-electron chi connectivity index (χ1n) is 14.8. The van der Waals surface area contributed by atoms with Crippen molar-refractivity contribution in [2.75, 3.05) is 11.4 Å². The summed E-state index contributed by atoms with van der Waals surface area (Å²) in [5.41, 5.74) is 0.486. The molecule has 0 unspecified atom stereocenters. The normalized spacial score (nSPS) is 17.9. The molecule has 3 aromatic heterocycles. The van der Waals surface area contributed by atoms with Crippen LogP contribution in [-0.2, 0) is 27.5 Å². The van der Waals surface area contributed by atoms with Gasteiger partial charge in [0.2, 0.25) is 15.9 Å². The molecule has 11 nitrogen and oxygen atoms in total. The molecule has 2 saturated carbocycles. The fraction of sp³-hybridized carbons (Fsp3) is 0.433. The highest BCUT2D eigenvalue weighted by Crippen LogP contribution is 2.61. The van der Waals surface area contributed by atoms with Crippen molar-refractivity contribution in [1.82, 2.24) is 29.5 Å². The lowest BCUT2D eigenvalue weighted by molar-refractivity contribution is -0.140. The van der Waals surface area contributed by atoms with Gasteiger partial charge in [-0.2, -0.15) is 22.0 Å². The van der Waals surface area contributed by atoms with Crippen LogP contribution in [0.3, 0.4) is 0 Å². The van der Waals surface area contributed by atoms with Crippen LogP contribution in [0.25, 0.3) is 22.8 Å². The Morgan fingerprint density at radius 3 is 2.45 bits per heavy atom. The van der Waals surface area contributed by atoms with Gasteiger partial charge in [0.05, 0.1) is 19.3 Å². The first-order valence-corrected chi connectivity index (χ1v) is 16.2. The Morgan fingerprint density at radius 1 is 1.09 bits per heavy atom. The third-order valence-electron chi connectivity index (χ3n) is 8.64. The van der Waals surface area contributed by atoms with Crippen molar-refractivity contribution >= 4 is 15.8 Å². The van der Waals surface area contributed by atoms with E-state index in [-0.39, 0.29) is 40.4 Å². The van der Waals surface area contributed by atoms with Crippen LogP contribution in [0.2, 0.25) is 0 Å². The van der Waals surface area contributed by atoms with Crippen molar-refractivity contribution in [3.05, 3.63) is 59.4 Å². The van der Waals surface area contributed by atoms with Gasteiger partial charge in [-0.1, -0.05) is 12.1 Å². The standard InChI is InChI=1S/C30H28F5N7O4S/c1-15(2)41-13-21(30(33,34)35)39-25(41)17-6-7-18(20(10-17)46-28(31)32)12-42-26-19(29(8-9-29)47(42,43)44)11-36-24(40-26)22-23(16-4-5-16)37-14-38-27(22)45-3/h6-7,10-11,13-16,28H,4-5,8-9,12H2,1-3H3. The lowest BCUT2D eigenvalue weighted by Crippen LogP contribution is -2.32. The molecule has 4 heterocycles. The highest BCUT2D eigenvalue weighted by atomic mass is 32.2. The number of nitrogens with zero attached hydrogens (tertiary/aromatic N) is 7. The van der Waals surface area contributed by atoms with Crippen LogP contribution >= 0.6 is 0 Å². The molecule has 0 atom stereocenters. The van der Waals surface area contributed by atoms with Crippen LogP contribution in [0.1, 0.15) is 74.0 Å². The third kappa shape index (κ3) is 5.14. The molecule has 0 radical (unpaired) electrons. The fourth-order valence-corrected chi connectivity index (χ4v) is 8.14.